The second-order valence-corrected chi connectivity index (χ2v) is 7.87. The van der Waals surface area contributed by atoms with Crippen molar-refractivity contribution in [2.75, 3.05) is 37.6 Å². The molecule has 0 aliphatic carbocycles. The van der Waals surface area contributed by atoms with Gasteiger partial charge in [0.05, 0.1) is 17.3 Å². The van der Waals surface area contributed by atoms with Gasteiger partial charge in [-0.05, 0) is 37.6 Å². The van der Waals surface area contributed by atoms with E-state index in [0.717, 1.165) is 66.6 Å². The Morgan fingerprint density at radius 1 is 1.09 bits per heavy atom. The SMILES string of the molecule is CCNC(=NCc1ccc(-n2ccnc2C)nc1)N1CCN(c2ccccc2Cl)CC1.I. The van der Waals surface area contributed by atoms with Crippen LogP contribution in [0.5, 0.6) is 0 Å². The third-order valence-corrected chi connectivity index (χ3v) is 5.72. The predicted molar refractivity (Wildman–Crippen MR) is 142 cm³/mol. The van der Waals surface area contributed by atoms with Gasteiger partial charge in [0.15, 0.2) is 5.96 Å². The molecule has 0 spiro atoms. The number of anilines is 1. The van der Waals surface area contributed by atoms with E-state index in [0.29, 0.717) is 6.54 Å². The number of nitrogens with zero attached hydrogens (tertiary/aromatic N) is 6. The van der Waals surface area contributed by atoms with Crippen molar-refractivity contribution in [1.29, 1.82) is 0 Å². The molecule has 7 nitrogen and oxygen atoms in total. The van der Waals surface area contributed by atoms with E-state index in [4.69, 9.17) is 16.6 Å². The van der Waals surface area contributed by atoms with Gasteiger partial charge in [-0.25, -0.2) is 15.0 Å². The van der Waals surface area contributed by atoms with Crippen LogP contribution in [0.3, 0.4) is 0 Å². The molecule has 0 amide bonds. The Morgan fingerprint density at radius 3 is 2.50 bits per heavy atom. The van der Waals surface area contributed by atoms with Crippen molar-refractivity contribution in [1.82, 2.24) is 24.8 Å². The van der Waals surface area contributed by atoms with E-state index in [9.17, 15) is 0 Å². The van der Waals surface area contributed by atoms with Gasteiger partial charge in [-0.15, -0.1) is 24.0 Å². The van der Waals surface area contributed by atoms with E-state index in [2.05, 4.69) is 44.1 Å². The zero-order valence-corrected chi connectivity index (χ0v) is 21.5. The van der Waals surface area contributed by atoms with Crippen LogP contribution in [0, 0.1) is 6.92 Å². The molecule has 0 atom stereocenters. The zero-order valence-electron chi connectivity index (χ0n) is 18.4. The third kappa shape index (κ3) is 5.72. The summed E-state index contributed by atoms with van der Waals surface area (Å²) in [4.78, 5) is 18.3. The van der Waals surface area contributed by atoms with E-state index >= 15 is 0 Å². The lowest BCUT2D eigenvalue weighted by atomic mass is 10.2. The van der Waals surface area contributed by atoms with Crippen molar-refractivity contribution in [3.8, 4) is 5.82 Å². The quantitative estimate of drug-likeness (QED) is 0.286. The van der Waals surface area contributed by atoms with Crippen LogP contribution in [0.2, 0.25) is 5.02 Å². The molecule has 4 rings (SSSR count). The van der Waals surface area contributed by atoms with Gasteiger partial charge in [0.25, 0.3) is 0 Å². The summed E-state index contributed by atoms with van der Waals surface area (Å²) in [5.74, 6) is 2.73. The lowest BCUT2D eigenvalue weighted by Crippen LogP contribution is -2.52. The minimum absolute atomic E-state index is 0. The summed E-state index contributed by atoms with van der Waals surface area (Å²) in [7, 11) is 0. The first-order chi connectivity index (χ1) is 15.2. The molecule has 0 unspecified atom stereocenters. The van der Waals surface area contributed by atoms with Gasteiger partial charge in [0.1, 0.15) is 11.6 Å². The number of hydrogen-bond donors (Lipinski definition) is 1. The Balaban J connectivity index is 0.00000289. The number of benzene rings is 1. The predicted octanol–water partition coefficient (Wildman–Crippen LogP) is 4.13. The molecule has 0 bridgehead atoms. The average Bonchev–Trinajstić information content (AvgIpc) is 3.23. The first-order valence-electron chi connectivity index (χ1n) is 10.6. The van der Waals surface area contributed by atoms with Crippen molar-refractivity contribution < 1.29 is 0 Å². The lowest BCUT2D eigenvalue weighted by Gasteiger charge is -2.38. The molecule has 170 valence electrons. The van der Waals surface area contributed by atoms with Gasteiger partial charge in [-0.3, -0.25) is 4.57 Å². The van der Waals surface area contributed by atoms with Crippen molar-refractivity contribution in [3.63, 3.8) is 0 Å². The van der Waals surface area contributed by atoms with Crippen molar-refractivity contribution in [2.24, 2.45) is 4.99 Å². The first kappa shape index (κ1) is 24.3. The highest BCUT2D eigenvalue weighted by Crippen LogP contribution is 2.26. The van der Waals surface area contributed by atoms with Crippen molar-refractivity contribution >= 4 is 47.2 Å². The summed E-state index contributed by atoms with van der Waals surface area (Å²) in [6.45, 7) is 9.10. The molecule has 0 saturated carbocycles. The fourth-order valence-electron chi connectivity index (χ4n) is 3.73. The van der Waals surface area contributed by atoms with Crippen LogP contribution in [0.25, 0.3) is 5.82 Å². The summed E-state index contributed by atoms with van der Waals surface area (Å²) in [6, 6.07) is 12.1. The summed E-state index contributed by atoms with van der Waals surface area (Å²) in [5, 5.41) is 4.23. The molecule has 3 aromatic rings. The standard InChI is InChI=1S/C23H28ClN7.HI/c1-3-25-23(30-14-12-29(13-15-30)21-7-5-4-6-20(21)24)28-17-19-8-9-22(27-16-19)31-11-10-26-18(31)2;/h4-11,16H,3,12-15,17H2,1-2H3,(H,25,28);1H. The number of guanidine groups is 1. The van der Waals surface area contributed by atoms with E-state index < -0.39 is 0 Å². The summed E-state index contributed by atoms with van der Waals surface area (Å²) >= 11 is 6.37. The largest absolute Gasteiger partial charge is 0.367 e. The molecule has 1 aliphatic heterocycles. The molecular weight excluding hydrogens is 537 g/mol. The number of aromatic nitrogens is 3. The van der Waals surface area contributed by atoms with Gasteiger partial charge in [0, 0.05) is 51.3 Å². The first-order valence-corrected chi connectivity index (χ1v) is 11.0. The fraction of sp³-hybridized carbons (Fsp3) is 0.348. The fourth-order valence-corrected chi connectivity index (χ4v) is 3.99. The molecule has 3 heterocycles. The van der Waals surface area contributed by atoms with Crippen LogP contribution in [0.1, 0.15) is 18.3 Å². The minimum atomic E-state index is 0. The van der Waals surface area contributed by atoms with Crippen LogP contribution >= 0.6 is 35.6 Å². The van der Waals surface area contributed by atoms with Gasteiger partial charge >= 0.3 is 0 Å². The molecule has 2 aromatic heterocycles. The van der Waals surface area contributed by atoms with Crippen LogP contribution in [0.4, 0.5) is 5.69 Å². The van der Waals surface area contributed by atoms with Gasteiger partial charge in [0.2, 0.25) is 0 Å². The molecule has 0 radical (unpaired) electrons. The monoisotopic (exact) mass is 565 g/mol. The molecule has 32 heavy (non-hydrogen) atoms. The van der Waals surface area contributed by atoms with Crippen LogP contribution < -0.4 is 10.2 Å². The molecule has 1 N–H and O–H groups in total. The number of hydrogen-bond acceptors (Lipinski definition) is 4. The molecule has 1 saturated heterocycles. The maximum atomic E-state index is 6.37. The Labute approximate surface area is 211 Å². The number of para-hydroxylation sites is 1. The van der Waals surface area contributed by atoms with E-state index in [1.54, 1.807) is 6.20 Å². The van der Waals surface area contributed by atoms with Gasteiger partial charge in [-0.2, -0.15) is 0 Å². The topological polar surface area (TPSA) is 61.6 Å². The molecule has 1 aliphatic rings. The normalized spacial score (nSPS) is 14.3. The summed E-state index contributed by atoms with van der Waals surface area (Å²) in [6.07, 6.45) is 5.58. The highest BCUT2D eigenvalue weighted by atomic mass is 127. The number of aryl methyl sites for hydroxylation is 1. The molecular formula is C23H29ClIN7. The number of imidazole rings is 1. The minimum Gasteiger partial charge on any atom is -0.367 e. The highest BCUT2D eigenvalue weighted by molar-refractivity contribution is 14.0. The molecule has 9 heteroatoms. The van der Waals surface area contributed by atoms with Crippen LogP contribution in [-0.2, 0) is 6.54 Å². The second-order valence-electron chi connectivity index (χ2n) is 7.46. The number of pyridine rings is 1. The number of rotatable bonds is 5. The second kappa shape index (κ2) is 11.5. The number of piperazine rings is 1. The number of nitrogens with one attached hydrogen (secondary N) is 1. The van der Waals surface area contributed by atoms with Crippen molar-refractivity contribution in [2.45, 2.75) is 20.4 Å². The Morgan fingerprint density at radius 2 is 1.88 bits per heavy atom. The average molecular weight is 566 g/mol. The van der Waals surface area contributed by atoms with Crippen LogP contribution in [-0.4, -0.2) is 58.1 Å². The highest BCUT2D eigenvalue weighted by Gasteiger charge is 2.21. The maximum Gasteiger partial charge on any atom is 0.194 e. The molecule has 1 fully saturated rings. The van der Waals surface area contributed by atoms with E-state index in [1.165, 1.54) is 0 Å². The summed E-state index contributed by atoms with van der Waals surface area (Å²) < 4.78 is 1.97. The lowest BCUT2D eigenvalue weighted by molar-refractivity contribution is 0.372. The number of aliphatic imine (C=N–C) groups is 1. The van der Waals surface area contributed by atoms with Gasteiger partial charge < -0.3 is 15.1 Å². The smallest absolute Gasteiger partial charge is 0.194 e. The Bertz CT molecular complexity index is 1030. The Hall–Kier alpha value is -2.33. The van der Waals surface area contributed by atoms with Crippen LogP contribution in [0.15, 0.2) is 60.0 Å². The summed E-state index contributed by atoms with van der Waals surface area (Å²) in [5.41, 5.74) is 2.18. The van der Waals surface area contributed by atoms with Gasteiger partial charge in [-0.1, -0.05) is 29.8 Å². The third-order valence-electron chi connectivity index (χ3n) is 5.40. The Kier molecular flexibility index (Phi) is 8.75. The number of halogens is 2. The molecule has 1 aromatic carbocycles. The zero-order chi connectivity index (χ0) is 21.6. The van der Waals surface area contributed by atoms with Crippen molar-refractivity contribution in [3.05, 3.63) is 71.4 Å². The van der Waals surface area contributed by atoms with E-state index in [1.807, 2.05) is 48.1 Å². The van der Waals surface area contributed by atoms with E-state index in [-0.39, 0.29) is 24.0 Å². The maximum absolute atomic E-state index is 6.37.